The lowest BCUT2D eigenvalue weighted by Gasteiger charge is -2.07. The maximum absolute atomic E-state index is 13.2. The van der Waals surface area contributed by atoms with Gasteiger partial charge in [-0.3, -0.25) is 0 Å². The first-order valence-corrected chi connectivity index (χ1v) is 5.07. The third-order valence-corrected chi connectivity index (χ3v) is 2.09. The summed E-state index contributed by atoms with van der Waals surface area (Å²) in [6.07, 6.45) is 4.30. The summed E-state index contributed by atoms with van der Waals surface area (Å²) < 4.78 is 31.1. The van der Waals surface area contributed by atoms with Gasteiger partial charge in [-0.15, -0.1) is 6.58 Å². The van der Waals surface area contributed by atoms with Gasteiger partial charge in [0.1, 0.15) is 0 Å². The number of benzene rings is 1. The lowest BCUT2D eigenvalue weighted by molar-refractivity contribution is 0.283. The van der Waals surface area contributed by atoms with Crippen LogP contribution < -0.4 is 4.74 Å². The fraction of sp³-hybridized carbons (Fsp3) is 0.333. The number of phenols is 1. The Morgan fingerprint density at radius 2 is 2.00 bits per heavy atom. The van der Waals surface area contributed by atoms with E-state index in [1.807, 2.05) is 0 Å². The number of ether oxygens (including phenoxy) is 1. The van der Waals surface area contributed by atoms with E-state index in [0.717, 1.165) is 25.3 Å². The van der Waals surface area contributed by atoms with E-state index in [4.69, 9.17) is 9.84 Å². The van der Waals surface area contributed by atoms with Crippen molar-refractivity contribution >= 4 is 0 Å². The second kappa shape index (κ2) is 6.10. The van der Waals surface area contributed by atoms with Crippen LogP contribution in [0.3, 0.4) is 0 Å². The molecule has 0 spiro atoms. The van der Waals surface area contributed by atoms with Crippen molar-refractivity contribution in [2.45, 2.75) is 19.3 Å². The molecule has 0 heterocycles. The first-order chi connectivity index (χ1) is 7.66. The first-order valence-electron chi connectivity index (χ1n) is 5.07. The van der Waals surface area contributed by atoms with Crippen molar-refractivity contribution in [2.75, 3.05) is 6.61 Å². The van der Waals surface area contributed by atoms with Gasteiger partial charge < -0.3 is 9.84 Å². The van der Waals surface area contributed by atoms with Gasteiger partial charge in [0.2, 0.25) is 11.6 Å². The molecule has 1 N–H and O–H groups in total. The average Bonchev–Trinajstić information content (AvgIpc) is 2.28. The summed E-state index contributed by atoms with van der Waals surface area (Å²) in [5, 5.41) is 8.88. The number of hydrogen-bond donors (Lipinski definition) is 1. The van der Waals surface area contributed by atoms with Gasteiger partial charge in [0.25, 0.3) is 0 Å². The molecule has 0 saturated carbocycles. The molecule has 1 aromatic rings. The molecule has 16 heavy (non-hydrogen) atoms. The summed E-state index contributed by atoms with van der Waals surface area (Å²) in [6, 6.07) is 2.28. The lowest BCUT2D eigenvalue weighted by Crippen LogP contribution is -2.00. The molecule has 88 valence electrons. The molecule has 1 rings (SSSR count). The number of phenolic OH excluding ortho intramolecular Hbond substituents is 1. The molecule has 0 aromatic heterocycles. The van der Waals surface area contributed by atoms with Crippen LogP contribution in [-0.2, 0) is 0 Å². The molecular formula is C12H14F2O2. The number of aromatic hydroxyl groups is 1. The van der Waals surface area contributed by atoms with Gasteiger partial charge in [0.15, 0.2) is 11.5 Å². The van der Waals surface area contributed by atoms with E-state index in [1.54, 1.807) is 6.08 Å². The summed E-state index contributed by atoms with van der Waals surface area (Å²) in [4.78, 5) is 0. The van der Waals surface area contributed by atoms with Crippen LogP contribution in [0.15, 0.2) is 24.8 Å². The lowest BCUT2D eigenvalue weighted by atomic mass is 10.2. The van der Waals surface area contributed by atoms with Gasteiger partial charge in [-0.05, 0) is 31.4 Å². The highest BCUT2D eigenvalue weighted by Gasteiger charge is 2.13. The average molecular weight is 228 g/mol. The van der Waals surface area contributed by atoms with Gasteiger partial charge in [-0.1, -0.05) is 6.08 Å². The highest BCUT2D eigenvalue weighted by atomic mass is 19.2. The monoisotopic (exact) mass is 228 g/mol. The standard InChI is InChI=1S/C12H14F2O2/c1-2-3-4-5-8-16-10-7-6-9(15)11(13)12(10)14/h2,6-7,15H,1,3-5,8H2. The van der Waals surface area contributed by atoms with Crippen LogP contribution in [-0.4, -0.2) is 11.7 Å². The van der Waals surface area contributed by atoms with Gasteiger partial charge in [0.05, 0.1) is 6.61 Å². The molecule has 0 fully saturated rings. The number of halogens is 2. The van der Waals surface area contributed by atoms with E-state index in [0.29, 0.717) is 6.61 Å². The molecule has 0 atom stereocenters. The Kier molecular flexibility index (Phi) is 4.76. The summed E-state index contributed by atoms with van der Waals surface area (Å²) in [5.74, 6) is -3.31. The third kappa shape index (κ3) is 3.22. The van der Waals surface area contributed by atoms with E-state index >= 15 is 0 Å². The Bertz CT molecular complexity index is 364. The van der Waals surface area contributed by atoms with Crippen LogP contribution in [0.1, 0.15) is 19.3 Å². The Morgan fingerprint density at radius 3 is 2.69 bits per heavy atom. The fourth-order valence-corrected chi connectivity index (χ4v) is 1.21. The maximum Gasteiger partial charge on any atom is 0.204 e. The molecule has 0 bridgehead atoms. The summed E-state index contributed by atoms with van der Waals surface area (Å²) in [7, 11) is 0. The van der Waals surface area contributed by atoms with Crippen LogP contribution in [0.4, 0.5) is 8.78 Å². The minimum absolute atomic E-state index is 0.172. The molecule has 4 heteroatoms. The molecule has 0 saturated heterocycles. The zero-order valence-corrected chi connectivity index (χ0v) is 8.88. The van der Waals surface area contributed by atoms with E-state index in [9.17, 15) is 8.78 Å². The third-order valence-electron chi connectivity index (χ3n) is 2.09. The Balaban J connectivity index is 2.48. The molecule has 2 nitrogen and oxygen atoms in total. The highest BCUT2D eigenvalue weighted by Crippen LogP contribution is 2.26. The second-order valence-corrected chi connectivity index (χ2v) is 3.34. The summed E-state index contributed by atoms with van der Waals surface area (Å²) in [6.45, 7) is 3.89. The second-order valence-electron chi connectivity index (χ2n) is 3.34. The van der Waals surface area contributed by atoms with Crippen molar-refractivity contribution < 1.29 is 18.6 Å². The topological polar surface area (TPSA) is 29.5 Å². The Morgan fingerprint density at radius 1 is 1.25 bits per heavy atom. The molecule has 1 aromatic carbocycles. The van der Waals surface area contributed by atoms with Gasteiger partial charge >= 0.3 is 0 Å². The van der Waals surface area contributed by atoms with E-state index < -0.39 is 17.4 Å². The zero-order valence-electron chi connectivity index (χ0n) is 8.88. The molecule has 0 unspecified atom stereocenters. The maximum atomic E-state index is 13.2. The normalized spacial score (nSPS) is 10.1. The van der Waals surface area contributed by atoms with E-state index in [-0.39, 0.29) is 5.75 Å². The molecule has 0 aliphatic carbocycles. The largest absolute Gasteiger partial charge is 0.505 e. The summed E-state index contributed by atoms with van der Waals surface area (Å²) >= 11 is 0. The molecule has 0 aliphatic rings. The molecule has 0 amide bonds. The molecular weight excluding hydrogens is 214 g/mol. The van der Waals surface area contributed by atoms with Crippen LogP contribution in [0.2, 0.25) is 0 Å². The van der Waals surface area contributed by atoms with E-state index in [1.165, 1.54) is 6.07 Å². The predicted octanol–water partition coefficient (Wildman–Crippen LogP) is 3.41. The van der Waals surface area contributed by atoms with Crippen LogP contribution in [0, 0.1) is 11.6 Å². The van der Waals surface area contributed by atoms with Crippen molar-refractivity contribution in [1.82, 2.24) is 0 Å². The number of allylic oxidation sites excluding steroid dienone is 1. The SMILES string of the molecule is C=CCCCCOc1ccc(O)c(F)c1F. The molecule has 0 radical (unpaired) electrons. The zero-order chi connectivity index (χ0) is 12.0. The van der Waals surface area contributed by atoms with Crippen LogP contribution in [0.5, 0.6) is 11.5 Å². The van der Waals surface area contributed by atoms with Gasteiger partial charge in [-0.25, -0.2) is 0 Å². The smallest absolute Gasteiger partial charge is 0.204 e. The van der Waals surface area contributed by atoms with Crippen molar-refractivity contribution in [3.63, 3.8) is 0 Å². The van der Waals surface area contributed by atoms with Crippen molar-refractivity contribution in [3.05, 3.63) is 36.4 Å². The minimum atomic E-state index is -1.27. The van der Waals surface area contributed by atoms with Crippen LogP contribution in [0.25, 0.3) is 0 Å². The minimum Gasteiger partial charge on any atom is -0.505 e. The summed E-state index contributed by atoms with van der Waals surface area (Å²) in [5.41, 5.74) is 0. The Hall–Kier alpha value is -1.58. The quantitative estimate of drug-likeness (QED) is 0.597. The fourth-order valence-electron chi connectivity index (χ4n) is 1.21. The highest BCUT2D eigenvalue weighted by molar-refractivity contribution is 5.33. The van der Waals surface area contributed by atoms with Crippen molar-refractivity contribution in [3.8, 4) is 11.5 Å². The number of hydrogen-bond acceptors (Lipinski definition) is 2. The van der Waals surface area contributed by atoms with Crippen molar-refractivity contribution in [1.29, 1.82) is 0 Å². The number of unbranched alkanes of at least 4 members (excludes halogenated alkanes) is 2. The van der Waals surface area contributed by atoms with Crippen molar-refractivity contribution in [2.24, 2.45) is 0 Å². The van der Waals surface area contributed by atoms with Gasteiger partial charge in [0, 0.05) is 0 Å². The van der Waals surface area contributed by atoms with Crippen LogP contribution >= 0.6 is 0 Å². The van der Waals surface area contributed by atoms with E-state index in [2.05, 4.69) is 6.58 Å². The predicted molar refractivity (Wildman–Crippen MR) is 57.6 cm³/mol. The number of rotatable bonds is 6. The Labute approximate surface area is 93.2 Å². The van der Waals surface area contributed by atoms with Gasteiger partial charge in [-0.2, -0.15) is 8.78 Å². The first kappa shape index (κ1) is 12.5. The molecule has 0 aliphatic heterocycles.